The number of methoxy groups -OCH3 is 2. The van der Waals surface area contributed by atoms with Gasteiger partial charge in [-0.1, -0.05) is 24.3 Å². The van der Waals surface area contributed by atoms with E-state index in [1.807, 2.05) is 36.4 Å². The highest BCUT2D eigenvalue weighted by Gasteiger charge is 2.19. The smallest absolute Gasteiger partial charge is 0.272 e. The molecule has 0 spiro atoms. The average molecular weight is 471 g/mol. The molecule has 0 radical (unpaired) electrons. The van der Waals surface area contributed by atoms with Crippen LogP contribution in [0.4, 0.5) is 11.6 Å². The number of hydrogen-bond acceptors (Lipinski definition) is 8. The summed E-state index contributed by atoms with van der Waals surface area (Å²) in [6.07, 6.45) is 0.659. The van der Waals surface area contributed by atoms with Crippen LogP contribution in [0.15, 0.2) is 64.2 Å². The molecule has 0 atom stereocenters. The van der Waals surface area contributed by atoms with Gasteiger partial charge in [0, 0.05) is 6.54 Å². The third-order valence-corrected chi connectivity index (χ3v) is 7.45. The second-order valence-corrected chi connectivity index (χ2v) is 9.67. The van der Waals surface area contributed by atoms with E-state index in [1.54, 1.807) is 37.8 Å². The monoisotopic (exact) mass is 470 g/mol. The van der Waals surface area contributed by atoms with E-state index in [0.29, 0.717) is 41.3 Å². The van der Waals surface area contributed by atoms with Crippen molar-refractivity contribution in [2.75, 3.05) is 30.8 Å². The van der Waals surface area contributed by atoms with Crippen molar-refractivity contribution in [1.82, 2.24) is 9.97 Å². The topological polar surface area (TPSA) is 102 Å². The number of hydrogen-bond donors (Lipinski definition) is 2. The fourth-order valence-electron chi connectivity index (χ4n) is 3.15. The molecule has 0 saturated heterocycles. The Morgan fingerprint density at radius 1 is 0.906 bits per heavy atom. The number of ether oxygens (including phenoxy) is 2. The van der Waals surface area contributed by atoms with Crippen molar-refractivity contribution < 1.29 is 17.9 Å². The predicted octanol–water partition coefficient (Wildman–Crippen LogP) is 4.16. The Morgan fingerprint density at radius 2 is 1.62 bits per heavy atom. The highest BCUT2D eigenvalue weighted by Crippen LogP contribution is 2.28. The molecule has 10 heteroatoms. The van der Waals surface area contributed by atoms with Crippen LogP contribution in [0.25, 0.3) is 11.0 Å². The van der Waals surface area contributed by atoms with Gasteiger partial charge in [0.25, 0.3) is 10.0 Å². The number of para-hydroxylation sites is 2. The molecule has 0 amide bonds. The number of thiophene rings is 1. The van der Waals surface area contributed by atoms with Crippen LogP contribution in [0.5, 0.6) is 11.5 Å². The Morgan fingerprint density at radius 3 is 2.28 bits per heavy atom. The fourth-order valence-corrected chi connectivity index (χ4v) is 5.15. The molecule has 166 valence electrons. The summed E-state index contributed by atoms with van der Waals surface area (Å²) in [6, 6.07) is 16.3. The van der Waals surface area contributed by atoms with Gasteiger partial charge in [0.1, 0.15) is 4.21 Å². The summed E-state index contributed by atoms with van der Waals surface area (Å²) in [5, 5.41) is 4.93. The standard InChI is InChI=1S/C22H22N4O4S2/c1-29-18-10-9-15(14-19(18)30-2)11-12-23-21-22(25-17-7-4-3-6-16(17)24-21)26-32(27,28)20-8-5-13-31-20/h3-10,13-14H,11-12H2,1-2H3,(H,23,24)(H,25,26). The minimum atomic E-state index is -3.76. The molecule has 4 aromatic rings. The maximum absolute atomic E-state index is 12.8. The van der Waals surface area contributed by atoms with Gasteiger partial charge >= 0.3 is 0 Å². The minimum Gasteiger partial charge on any atom is -0.493 e. The van der Waals surface area contributed by atoms with Gasteiger partial charge in [0.15, 0.2) is 23.1 Å². The first kappa shape index (κ1) is 21.8. The molecule has 0 aliphatic heterocycles. The average Bonchev–Trinajstić information content (AvgIpc) is 3.35. The van der Waals surface area contributed by atoms with Crippen LogP contribution in [0, 0.1) is 0 Å². The molecular formula is C22H22N4O4S2. The van der Waals surface area contributed by atoms with Gasteiger partial charge in [-0.15, -0.1) is 11.3 Å². The van der Waals surface area contributed by atoms with Gasteiger partial charge in [-0.25, -0.2) is 18.4 Å². The molecule has 0 saturated carbocycles. The predicted molar refractivity (Wildman–Crippen MR) is 126 cm³/mol. The quantitative estimate of drug-likeness (QED) is 0.379. The first-order valence-corrected chi connectivity index (χ1v) is 12.1. The number of aromatic nitrogens is 2. The number of sulfonamides is 1. The third kappa shape index (κ3) is 4.76. The molecule has 32 heavy (non-hydrogen) atoms. The number of benzene rings is 2. The second kappa shape index (κ2) is 9.41. The van der Waals surface area contributed by atoms with E-state index < -0.39 is 10.0 Å². The van der Waals surface area contributed by atoms with E-state index >= 15 is 0 Å². The van der Waals surface area contributed by atoms with Crippen molar-refractivity contribution in [1.29, 1.82) is 0 Å². The number of nitrogens with zero attached hydrogens (tertiary/aromatic N) is 2. The molecule has 2 N–H and O–H groups in total. The SMILES string of the molecule is COc1ccc(CCNc2nc3ccccc3nc2NS(=O)(=O)c2cccs2)cc1OC. The molecule has 0 aliphatic rings. The van der Waals surface area contributed by atoms with Gasteiger partial charge in [0.2, 0.25) is 0 Å². The highest BCUT2D eigenvalue weighted by atomic mass is 32.2. The van der Waals surface area contributed by atoms with Crippen LogP contribution in [0.1, 0.15) is 5.56 Å². The summed E-state index contributed by atoms with van der Waals surface area (Å²) in [6.45, 7) is 0.510. The summed E-state index contributed by atoms with van der Waals surface area (Å²) in [5.41, 5.74) is 2.30. The number of fused-ring (bicyclic) bond motifs is 1. The van der Waals surface area contributed by atoms with Crippen molar-refractivity contribution >= 4 is 44.0 Å². The van der Waals surface area contributed by atoms with Crippen molar-refractivity contribution in [3.63, 3.8) is 0 Å². The van der Waals surface area contributed by atoms with E-state index in [0.717, 1.165) is 16.9 Å². The molecule has 0 unspecified atom stereocenters. The zero-order valence-electron chi connectivity index (χ0n) is 17.5. The molecule has 0 bridgehead atoms. The van der Waals surface area contributed by atoms with E-state index in [4.69, 9.17) is 9.47 Å². The largest absolute Gasteiger partial charge is 0.493 e. The zero-order chi connectivity index (χ0) is 22.6. The van der Waals surface area contributed by atoms with Crippen molar-refractivity contribution in [2.45, 2.75) is 10.6 Å². The normalized spacial score (nSPS) is 11.3. The number of rotatable bonds is 9. The summed E-state index contributed by atoms with van der Waals surface area (Å²) >= 11 is 1.14. The summed E-state index contributed by atoms with van der Waals surface area (Å²) in [4.78, 5) is 9.09. The highest BCUT2D eigenvalue weighted by molar-refractivity contribution is 7.94. The van der Waals surface area contributed by atoms with Gasteiger partial charge in [-0.05, 0) is 47.7 Å². The Hall–Kier alpha value is -3.37. The van der Waals surface area contributed by atoms with Crippen LogP contribution in [-0.2, 0) is 16.4 Å². The van der Waals surface area contributed by atoms with Crippen LogP contribution >= 0.6 is 11.3 Å². The second-order valence-electron chi connectivity index (χ2n) is 6.81. The molecule has 0 aliphatic carbocycles. The Labute approximate surface area is 190 Å². The van der Waals surface area contributed by atoms with Gasteiger partial charge < -0.3 is 14.8 Å². The van der Waals surface area contributed by atoms with Crippen LogP contribution in [0.3, 0.4) is 0 Å². The number of anilines is 2. The lowest BCUT2D eigenvalue weighted by Crippen LogP contribution is -2.16. The van der Waals surface area contributed by atoms with E-state index in [-0.39, 0.29) is 10.0 Å². The van der Waals surface area contributed by atoms with Gasteiger partial charge in [0.05, 0.1) is 25.3 Å². The van der Waals surface area contributed by atoms with Crippen LogP contribution in [0.2, 0.25) is 0 Å². The van der Waals surface area contributed by atoms with Crippen LogP contribution in [-0.4, -0.2) is 39.2 Å². The lowest BCUT2D eigenvalue weighted by atomic mass is 10.1. The number of nitrogens with one attached hydrogen (secondary N) is 2. The Balaban J connectivity index is 1.58. The zero-order valence-corrected chi connectivity index (χ0v) is 19.2. The lowest BCUT2D eigenvalue weighted by molar-refractivity contribution is 0.354. The van der Waals surface area contributed by atoms with Crippen molar-refractivity contribution in [3.05, 3.63) is 65.5 Å². The third-order valence-electron chi connectivity index (χ3n) is 4.72. The molecule has 2 aromatic heterocycles. The maximum Gasteiger partial charge on any atom is 0.272 e. The molecule has 0 fully saturated rings. The van der Waals surface area contributed by atoms with Crippen LogP contribution < -0.4 is 19.5 Å². The Bertz CT molecular complexity index is 1330. The maximum atomic E-state index is 12.8. The molecule has 4 rings (SSSR count). The molecule has 2 heterocycles. The van der Waals surface area contributed by atoms with E-state index in [9.17, 15) is 8.42 Å². The molecular weight excluding hydrogens is 448 g/mol. The summed E-state index contributed by atoms with van der Waals surface area (Å²) < 4.78 is 38.9. The van der Waals surface area contributed by atoms with Gasteiger partial charge in [-0.3, -0.25) is 4.72 Å². The van der Waals surface area contributed by atoms with E-state index in [1.165, 1.54) is 0 Å². The Kier molecular flexibility index (Phi) is 6.42. The summed E-state index contributed by atoms with van der Waals surface area (Å²) in [7, 11) is -0.572. The minimum absolute atomic E-state index is 0.157. The van der Waals surface area contributed by atoms with E-state index in [2.05, 4.69) is 20.0 Å². The first-order valence-electron chi connectivity index (χ1n) is 9.78. The van der Waals surface area contributed by atoms with Crippen molar-refractivity contribution in [2.24, 2.45) is 0 Å². The molecule has 8 nitrogen and oxygen atoms in total. The fraction of sp³-hybridized carbons (Fsp3) is 0.182. The van der Waals surface area contributed by atoms with Crippen molar-refractivity contribution in [3.8, 4) is 11.5 Å². The lowest BCUT2D eigenvalue weighted by Gasteiger charge is -2.14. The molecule has 2 aromatic carbocycles. The van der Waals surface area contributed by atoms with Gasteiger partial charge in [-0.2, -0.15) is 0 Å². The summed E-state index contributed by atoms with van der Waals surface area (Å²) in [5.74, 6) is 1.84. The first-order chi connectivity index (χ1) is 15.5.